The summed E-state index contributed by atoms with van der Waals surface area (Å²) in [5.41, 5.74) is 9.79. The van der Waals surface area contributed by atoms with E-state index in [0.29, 0.717) is 22.5 Å². The minimum atomic E-state index is 0.408. The van der Waals surface area contributed by atoms with Crippen LogP contribution >= 0.6 is 0 Å². The van der Waals surface area contributed by atoms with Gasteiger partial charge in [-0.25, -0.2) is 9.69 Å². The van der Waals surface area contributed by atoms with Crippen LogP contribution in [0.4, 0.5) is 11.4 Å². The van der Waals surface area contributed by atoms with Crippen molar-refractivity contribution in [3.63, 3.8) is 0 Å². The number of para-hydroxylation sites is 1. The molecule has 0 bridgehead atoms. The number of hydrogen-bond acceptors (Lipinski definition) is 3. The maximum absolute atomic E-state index is 9.61. The summed E-state index contributed by atoms with van der Waals surface area (Å²) >= 11 is 0. The average molecular weight is 573 g/mol. The Morgan fingerprint density at radius 1 is 0.578 bits per heavy atom. The van der Waals surface area contributed by atoms with Crippen molar-refractivity contribution in [2.75, 3.05) is 0 Å². The molecule has 7 rings (SSSR count). The smallest absolute Gasteiger partial charge is 0.189 e. The fourth-order valence-corrected chi connectivity index (χ4v) is 5.86. The van der Waals surface area contributed by atoms with E-state index in [-0.39, 0.29) is 0 Å². The molecule has 0 spiro atoms. The molecule has 7 aromatic rings. The molecule has 0 atom stereocenters. The van der Waals surface area contributed by atoms with Gasteiger partial charge in [0.2, 0.25) is 0 Å². The highest BCUT2D eigenvalue weighted by atomic mass is 15.0. The molecule has 5 aromatic carbocycles. The first kappa shape index (κ1) is 26.9. The normalized spacial score (nSPS) is 10.6. The third-order valence-corrected chi connectivity index (χ3v) is 7.87. The number of nitriles is 2. The highest BCUT2D eigenvalue weighted by molar-refractivity contribution is 6.12. The van der Waals surface area contributed by atoms with Gasteiger partial charge in [0.05, 0.1) is 47.7 Å². The Bertz CT molecular complexity index is 2280. The Hall–Kier alpha value is -6.99. The molecular formula is C39H20N6. The minimum absolute atomic E-state index is 0.408. The van der Waals surface area contributed by atoms with Gasteiger partial charge >= 0.3 is 0 Å². The molecule has 0 aliphatic rings. The van der Waals surface area contributed by atoms with Gasteiger partial charge in [-0.1, -0.05) is 36.4 Å². The van der Waals surface area contributed by atoms with E-state index in [0.717, 1.165) is 61.0 Å². The number of aromatic nitrogens is 2. The first-order valence-electron chi connectivity index (χ1n) is 14.1. The van der Waals surface area contributed by atoms with Crippen molar-refractivity contribution in [3.05, 3.63) is 155 Å². The third-order valence-electron chi connectivity index (χ3n) is 7.87. The molecule has 0 radical (unpaired) electrons. The van der Waals surface area contributed by atoms with Gasteiger partial charge in [0.15, 0.2) is 11.4 Å². The van der Waals surface area contributed by atoms with Crippen molar-refractivity contribution in [1.29, 1.82) is 10.5 Å². The van der Waals surface area contributed by atoms with Crippen LogP contribution in [0.3, 0.4) is 0 Å². The summed E-state index contributed by atoms with van der Waals surface area (Å²) in [6.07, 6.45) is 1.79. The highest BCUT2D eigenvalue weighted by Gasteiger charge is 2.18. The molecule has 2 heterocycles. The quantitative estimate of drug-likeness (QED) is 0.197. The van der Waals surface area contributed by atoms with E-state index in [1.54, 1.807) is 42.6 Å². The van der Waals surface area contributed by atoms with Gasteiger partial charge < -0.3 is 4.57 Å². The molecular weight excluding hydrogens is 552 g/mol. The van der Waals surface area contributed by atoms with Crippen LogP contribution < -0.4 is 0 Å². The number of pyridine rings is 1. The fourth-order valence-electron chi connectivity index (χ4n) is 5.86. The number of fused-ring (bicyclic) bond motifs is 3. The van der Waals surface area contributed by atoms with E-state index in [4.69, 9.17) is 13.1 Å². The largest absolute Gasteiger partial charge is 0.309 e. The lowest BCUT2D eigenvalue weighted by Gasteiger charge is -2.14. The van der Waals surface area contributed by atoms with Crippen molar-refractivity contribution in [1.82, 2.24) is 9.55 Å². The molecule has 0 saturated heterocycles. The number of benzene rings is 5. The monoisotopic (exact) mass is 572 g/mol. The van der Waals surface area contributed by atoms with Crippen LogP contribution in [0.15, 0.2) is 121 Å². The molecule has 6 heteroatoms. The van der Waals surface area contributed by atoms with Crippen LogP contribution in [0, 0.1) is 35.8 Å². The summed E-state index contributed by atoms with van der Waals surface area (Å²) in [6, 6.07) is 41.2. The lowest BCUT2D eigenvalue weighted by atomic mass is 9.98. The van der Waals surface area contributed by atoms with Crippen LogP contribution in [0.1, 0.15) is 11.1 Å². The molecule has 0 unspecified atom stereocenters. The molecule has 6 nitrogen and oxygen atoms in total. The van der Waals surface area contributed by atoms with Gasteiger partial charge in [-0.15, -0.1) is 0 Å². The van der Waals surface area contributed by atoms with E-state index in [1.165, 1.54) is 0 Å². The number of nitrogens with zero attached hydrogens (tertiary/aromatic N) is 6. The number of hydrogen-bond donors (Lipinski definition) is 0. The molecule has 0 saturated carbocycles. The third kappa shape index (κ3) is 4.72. The van der Waals surface area contributed by atoms with Gasteiger partial charge in [-0.2, -0.15) is 10.5 Å². The molecule has 206 valence electrons. The standard InChI is InChI=1S/C39H20N6/c1-42-31-17-25(23-40)15-29(19-31)27-10-12-38-34(21-27)35-22-28(30-16-26(24-41)18-32(20-30)43-2)11-13-39(35)45(38)37-9-4-3-7-33(37)36-8-5-6-14-44-36/h3-22H. The van der Waals surface area contributed by atoms with Gasteiger partial charge in [-0.3, -0.25) is 4.98 Å². The van der Waals surface area contributed by atoms with Crippen LogP contribution in [-0.2, 0) is 0 Å². The zero-order valence-corrected chi connectivity index (χ0v) is 23.7. The molecule has 0 amide bonds. The maximum atomic E-state index is 9.61. The maximum Gasteiger partial charge on any atom is 0.189 e. The van der Waals surface area contributed by atoms with Crippen LogP contribution in [0.25, 0.3) is 70.7 Å². The zero-order chi connectivity index (χ0) is 30.9. The Labute approximate surface area is 259 Å². The highest BCUT2D eigenvalue weighted by Crippen LogP contribution is 2.40. The Balaban J connectivity index is 1.54. The van der Waals surface area contributed by atoms with Crippen LogP contribution in [0.2, 0.25) is 0 Å². The first-order chi connectivity index (χ1) is 22.1. The van der Waals surface area contributed by atoms with Crippen molar-refractivity contribution in [2.24, 2.45) is 0 Å². The molecule has 0 N–H and O–H groups in total. The Morgan fingerprint density at radius 3 is 1.64 bits per heavy atom. The molecule has 0 fully saturated rings. The predicted molar refractivity (Wildman–Crippen MR) is 177 cm³/mol. The van der Waals surface area contributed by atoms with Crippen molar-refractivity contribution in [2.45, 2.75) is 0 Å². The summed E-state index contributed by atoms with van der Waals surface area (Å²) in [4.78, 5) is 11.8. The Morgan fingerprint density at radius 2 is 1.13 bits per heavy atom. The first-order valence-corrected chi connectivity index (χ1v) is 14.1. The van der Waals surface area contributed by atoms with Gasteiger partial charge in [0, 0.05) is 33.7 Å². The van der Waals surface area contributed by atoms with E-state index < -0.39 is 0 Å². The van der Waals surface area contributed by atoms with E-state index in [2.05, 4.69) is 67.8 Å². The van der Waals surface area contributed by atoms with E-state index in [1.807, 2.05) is 42.5 Å². The minimum Gasteiger partial charge on any atom is -0.309 e. The average Bonchev–Trinajstić information content (AvgIpc) is 3.44. The summed E-state index contributed by atoms with van der Waals surface area (Å²) in [5, 5.41) is 21.2. The molecule has 2 aromatic heterocycles. The number of rotatable bonds is 4. The van der Waals surface area contributed by atoms with Gasteiger partial charge in [0.1, 0.15) is 0 Å². The summed E-state index contributed by atoms with van der Waals surface area (Å²) in [5.74, 6) is 0. The van der Waals surface area contributed by atoms with Gasteiger partial charge in [0.25, 0.3) is 0 Å². The zero-order valence-electron chi connectivity index (χ0n) is 23.7. The van der Waals surface area contributed by atoms with E-state index >= 15 is 0 Å². The predicted octanol–water partition coefficient (Wildman–Crippen LogP) is 10.0. The van der Waals surface area contributed by atoms with Crippen molar-refractivity contribution >= 4 is 33.2 Å². The lowest BCUT2D eigenvalue weighted by molar-refractivity contribution is 1.17. The molecule has 0 aliphatic heterocycles. The van der Waals surface area contributed by atoms with Crippen LogP contribution in [0.5, 0.6) is 0 Å². The SMILES string of the molecule is [C-]#[N+]c1cc(C#N)cc(-c2ccc3c(c2)c2cc(-c4cc(C#N)cc([N+]#[C-])c4)ccc2n3-c2ccccc2-c2ccccn2)c1. The second kappa shape index (κ2) is 11.0. The second-order valence-corrected chi connectivity index (χ2v) is 10.5. The summed E-state index contributed by atoms with van der Waals surface area (Å²) in [7, 11) is 0. The Kier molecular flexibility index (Phi) is 6.58. The van der Waals surface area contributed by atoms with Crippen LogP contribution in [-0.4, -0.2) is 9.55 Å². The van der Waals surface area contributed by atoms with E-state index in [9.17, 15) is 10.5 Å². The topological polar surface area (TPSA) is 74.1 Å². The second-order valence-electron chi connectivity index (χ2n) is 10.5. The lowest BCUT2D eigenvalue weighted by Crippen LogP contribution is -1.98. The molecule has 0 aliphatic carbocycles. The fraction of sp³-hybridized carbons (Fsp3) is 0. The molecule has 45 heavy (non-hydrogen) atoms. The summed E-state index contributed by atoms with van der Waals surface area (Å²) < 4.78 is 2.23. The van der Waals surface area contributed by atoms with Gasteiger partial charge in [-0.05, 0) is 101 Å². The van der Waals surface area contributed by atoms with Crippen molar-refractivity contribution < 1.29 is 0 Å². The summed E-state index contributed by atoms with van der Waals surface area (Å²) in [6.45, 7) is 15.1. The van der Waals surface area contributed by atoms with Crippen molar-refractivity contribution in [3.8, 4) is 51.3 Å².